The van der Waals surface area contributed by atoms with Crippen molar-refractivity contribution in [3.8, 4) is 5.75 Å². The van der Waals surface area contributed by atoms with Gasteiger partial charge in [-0.15, -0.1) is 0 Å². The molecule has 0 unspecified atom stereocenters. The molecule has 0 saturated carbocycles. The molecule has 0 aliphatic carbocycles. The van der Waals surface area contributed by atoms with Gasteiger partial charge < -0.3 is 15.0 Å². The van der Waals surface area contributed by atoms with E-state index in [9.17, 15) is 13.2 Å². The van der Waals surface area contributed by atoms with Crippen molar-refractivity contribution in [3.63, 3.8) is 0 Å². The van der Waals surface area contributed by atoms with E-state index < -0.39 is 16.1 Å². The average Bonchev–Trinajstić information content (AvgIpc) is 2.56. The van der Waals surface area contributed by atoms with Crippen molar-refractivity contribution in [3.05, 3.63) is 23.8 Å². The molecule has 8 heteroatoms. The summed E-state index contributed by atoms with van der Waals surface area (Å²) in [5, 5.41) is 2.93. The Labute approximate surface area is 149 Å². The fourth-order valence-electron chi connectivity index (χ4n) is 2.85. The molecule has 1 aromatic carbocycles. The number of methoxy groups -OCH3 is 1. The minimum absolute atomic E-state index is 0.0962. The maximum atomic E-state index is 12.5. The molecule has 1 saturated heterocycles. The van der Waals surface area contributed by atoms with Gasteiger partial charge in [0.2, 0.25) is 15.9 Å². The van der Waals surface area contributed by atoms with Gasteiger partial charge in [0.15, 0.2) is 0 Å². The van der Waals surface area contributed by atoms with Crippen LogP contribution in [0.1, 0.15) is 25.3 Å². The summed E-state index contributed by atoms with van der Waals surface area (Å²) in [6, 6.07) is 3.86. The van der Waals surface area contributed by atoms with Gasteiger partial charge in [0, 0.05) is 6.04 Å². The van der Waals surface area contributed by atoms with E-state index in [1.54, 1.807) is 19.9 Å². The van der Waals surface area contributed by atoms with Crippen LogP contribution in [0.3, 0.4) is 0 Å². The number of carbonyl (C=O) groups is 1. The third-order valence-electron chi connectivity index (χ3n) is 4.47. The second-order valence-corrected chi connectivity index (χ2v) is 8.27. The highest BCUT2D eigenvalue weighted by Crippen LogP contribution is 2.21. The zero-order chi connectivity index (χ0) is 18.6. The summed E-state index contributed by atoms with van der Waals surface area (Å²) in [6.07, 6.45) is 1.75. The molecule has 0 aromatic heterocycles. The van der Waals surface area contributed by atoms with Crippen LogP contribution >= 0.6 is 0 Å². The zero-order valence-corrected chi connectivity index (χ0v) is 16.0. The Morgan fingerprint density at radius 2 is 1.96 bits per heavy atom. The van der Waals surface area contributed by atoms with Crippen LogP contribution < -0.4 is 14.8 Å². The fraction of sp³-hybridized carbons (Fsp3) is 0.588. The number of carbonyl (C=O) groups excluding carboxylic acids is 1. The lowest BCUT2D eigenvalue weighted by Crippen LogP contribution is -2.50. The summed E-state index contributed by atoms with van der Waals surface area (Å²) in [5.41, 5.74) is 0.716. The summed E-state index contributed by atoms with van der Waals surface area (Å²) in [4.78, 5) is 14.6. The van der Waals surface area contributed by atoms with Gasteiger partial charge in [0.1, 0.15) is 5.75 Å². The van der Waals surface area contributed by atoms with Gasteiger partial charge in [0.25, 0.3) is 0 Å². The number of benzene rings is 1. The van der Waals surface area contributed by atoms with Crippen molar-refractivity contribution in [2.75, 3.05) is 27.2 Å². The Kier molecular flexibility index (Phi) is 6.42. The first kappa shape index (κ1) is 19.7. The van der Waals surface area contributed by atoms with Crippen LogP contribution in [0.4, 0.5) is 0 Å². The molecule has 2 rings (SSSR count). The van der Waals surface area contributed by atoms with Crippen molar-refractivity contribution in [1.82, 2.24) is 14.9 Å². The van der Waals surface area contributed by atoms with Crippen LogP contribution in [-0.4, -0.2) is 58.6 Å². The van der Waals surface area contributed by atoms with Crippen molar-refractivity contribution in [2.45, 2.75) is 43.7 Å². The maximum Gasteiger partial charge on any atom is 0.241 e. The Bertz CT molecular complexity index is 713. The lowest BCUT2D eigenvalue weighted by Gasteiger charge is -2.30. The molecule has 25 heavy (non-hydrogen) atoms. The lowest BCUT2D eigenvalue weighted by atomic mass is 10.1. The first-order valence-electron chi connectivity index (χ1n) is 8.39. The molecule has 0 radical (unpaired) electrons. The molecule has 0 spiro atoms. The normalized spacial score (nSPS) is 17.9. The Morgan fingerprint density at radius 3 is 2.52 bits per heavy atom. The van der Waals surface area contributed by atoms with E-state index in [4.69, 9.17) is 4.74 Å². The number of rotatable bonds is 6. The van der Waals surface area contributed by atoms with Crippen molar-refractivity contribution < 1.29 is 17.9 Å². The van der Waals surface area contributed by atoms with Crippen molar-refractivity contribution >= 4 is 15.9 Å². The van der Waals surface area contributed by atoms with Crippen molar-refractivity contribution in [2.24, 2.45) is 0 Å². The van der Waals surface area contributed by atoms with Crippen LogP contribution in [0.5, 0.6) is 5.75 Å². The number of hydrogen-bond donors (Lipinski definition) is 2. The second kappa shape index (κ2) is 8.16. The molecule has 7 nitrogen and oxygen atoms in total. The minimum Gasteiger partial charge on any atom is -0.496 e. The highest BCUT2D eigenvalue weighted by atomic mass is 32.2. The van der Waals surface area contributed by atoms with Gasteiger partial charge >= 0.3 is 0 Å². The van der Waals surface area contributed by atoms with Gasteiger partial charge in [-0.25, -0.2) is 8.42 Å². The average molecular weight is 369 g/mol. The molecule has 1 aliphatic rings. The number of nitrogens with zero attached hydrogens (tertiary/aromatic N) is 1. The van der Waals surface area contributed by atoms with Crippen LogP contribution in [0.15, 0.2) is 23.1 Å². The van der Waals surface area contributed by atoms with Crippen molar-refractivity contribution in [1.29, 1.82) is 0 Å². The standard InChI is InChI=1S/C17H27N3O4S/c1-12-11-15(5-6-16(12)24-4)25(22,23)19-13(2)17(21)18-14-7-9-20(3)10-8-14/h5-6,11,13-14,19H,7-10H2,1-4H3,(H,18,21)/t13-/m0/s1. The number of hydrogen-bond acceptors (Lipinski definition) is 5. The molecule has 1 amide bonds. The quantitative estimate of drug-likeness (QED) is 0.777. The first-order chi connectivity index (χ1) is 11.7. The molecular weight excluding hydrogens is 342 g/mol. The van der Waals surface area contributed by atoms with E-state index in [0.29, 0.717) is 11.3 Å². The molecule has 0 bridgehead atoms. The SMILES string of the molecule is COc1ccc(S(=O)(=O)N[C@@H](C)C(=O)NC2CCN(C)CC2)cc1C. The summed E-state index contributed by atoms with van der Waals surface area (Å²) in [5.74, 6) is 0.315. The number of piperidine rings is 1. The third kappa shape index (κ3) is 5.17. The summed E-state index contributed by atoms with van der Waals surface area (Å²) >= 11 is 0. The maximum absolute atomic E-state index is 12.5. The molecule has 1 heterocycles. The first-order valence-corrected chi connectivity index (χ1v) is 9.87. The number of likely N-dealkylation sites (tertiary alicyclic amines) is 1. The van der Waals surface area contributed by atoms with E-state index in [1.165, 1.54) is 19.2 Å². The zero-order valence-electron chi connectivity index (χ0n) is 15.2. The monoisotopic (exact) mass is 369 g/mol. The van der Waals surface area contributed by atoms with Gasteiger partial charge in [-0.2, -0.15) is 4.72 Å². The van der Waals surface area contributed by atoms with Crippen LogP contribution in [-0.2, 0) is 14.8 Å². The minimum atomic E-state index is -3.78. The van der Waals surface area contributed by atoms with Crippen LogP contribution in [0, 0.1) is 6.92 Å². The highest BCUT2D eigenvalue weighted by molar-refractivity contribution is 7.89. The number of amides is 1. The summed E-state index contributed by atoms with van der Waals surface area (Å²) < 4.78 is 32.6. The smallest absolute Gasteiger partial charge is 0.241 e. The molecule has 1 aromatic rings. The van der Waals surface area contributed by atoms with E-state index in [0.717, 1.165) is 25.9 Å². The number of aryl methyl sites for hydroxylation is 1. The lowest BCUT2D eigenvalue weighted by molar-refractivity contribution is -0.123. The van der Waals surface area contributed by atoms with Gasteiger partial charge in [-0.3, -0.25) is 4.79 Å². The summed E-state index contributed by atoms with van der Waals surface area (Å²) in [6.45, 7) is 5.18. The molecule has 140 valence electrons. The van der Waals surface area contributed by atoms with Gasteiger partial charge in [-0.1, -0.05) is 0 Å². The highest BCUT2D eigenvalue weighted by Gasteiger charge is 2.25. The fourth-order valence-corrected chi connectivity index (χ4v) is 4.14. The largest absolute Gasteiger partial charge is 0.496 e. The predicted octanol–water partition coefficient (Wildman–Crippen LogP) is 0.881. The number of sulfonamides is 1. The molecule has 1 atom stereocenters. The number of ether oxygens (including phenoxy) is 1. The van der Waals surface area contributed by atoms with E-state index in [2.05, 4.69) is 14.9 Å². The van der Waals surface area contributed by atoms with E-state index >= 15 is 0 Å². The topological polar surface area (TPSA) is 87.7 Å². The van der Waals surface area contributed by atoms with E-state index in [1.807, 2.05) is 7.05 Å². The molecule has 2 N–H and O–H groups in total. The van der Waals surface area contributed by atoms with Gasteiger partial charge in [0.05, 0.1) is 18.0 Å². The van der Waals surface area contributed by atoms with E-state index in [-0.39, 0.29) is 16.8 Å². The molecule has 1 fully saturated rings. The predicted molar refractivity (Wildman–Crippen MR) is 96.2 cm³/mol. The molecule has 1 aliphatic heterocycles. The van der Waals surface area contributed by atoms with Crippen LogP contribution in [0.2, 0.25) is 0 Å². The Hall–Kier alpha value is -1.64. The number of nitrogens with one attached hydrogen (secondary N) is 2. The van der Waals surface area contributed by atoms with Gasteiger partial charge in [-0.05, 0) is 70.6 Å². The Morgan fingerprint density at radius 1 is 1.32 bits per heavy atom. The second-order valence-electron chi connectivity index (χ2n) is 6.56. The third-order valence-corrected chi connectivity index (χ3v) is 6.01. The molecular formula is C17H27N3O4S. The van der Waals surface area contributed by atoms with Crippen LogP contribution in [0.25, 0.3) is 0 Å². The summed E-state index contributed by atoms with van der Waals surface area (Å²) in [7, 11) is -0.197. The Balaban J connectivity index is 1.99.